The highest BCUT2D eigenvalue weighted by atomic mass is 32.2. The van der Waals surface area contributed by atoms with E-state index in [4.69, 9.17) is 0 Å². The number of rotatable bonds is 5. The van der Waals surface area contributed by atoms with E-state index in [1.165, 1.54) is 6.20 Å². The van der Waals surface area contributed by atoms with Gasteiger partial charge in [0.15, 0.2) is 0 Å². The fourth-order valence-corrected chi connectivity index (χ4v) is 3.03. The number of hydrogen-bond donors (Lipinski definition) is 3. The Bertz CT molecular complexity index is 725. The molecule has 0 aliphatic heterocycles. The summed E-state index contributed by atoms with van der Waals surface area (Å²) in [7, 11) is -4.00. The van der Waals surface area contributed by atoms with Crippen molar-refractivity contribution in [2.45, 2.75) is 10.9 Å². The normalized spacial score (nSPS) is 13.1. The molecule has 3 N–H and O–H groups in total. The number of sulfonamides is 1. The average molecular weight is 294 g/mol. The van der Waals surface area contributed by atoms with Gasteiger partial charge in [-0.1, -0.05) is 30.3 Å². The lowest BCUT2D eigenvalue weighted by Gasteiger charge is -2.16. The summed E-state index contributed by atoms with van der Waals surface area (Å²) in [4.78, 5) is 13.7. The summed E-state index contributed by atoms with van der Waals surface area (Å²) < 4.78 is 26.6. The van der Waals surface area contributed by atoms with Gasteiger partial charge < -0.3 is 10.1 Å². The third kappa shape index (κ3) is 3.13. The summed E-state index contributed by atoms with van der Waals surface area (Å²) in [5.74, 6) is 0. The number of aliphatic hydroxyl groups excluding tert-OH is 1. The van der Waals surface area contributed by atoms with E-state index >= 15 is 0 Å². The predicted molar refractivity (Wildman–Crippen MR) is 73.7 cm³/mol. The lowest BCUT2D eigenvalue weighted by atomic mass is 10.1. The number of hydrogen-bond acceptors (Lipinski definition) is 4. The minimum absolute atomic E-state index is 0.380. The smallest absolute Gasteiger partial charge is 0.246 e. The summed E-state index contributed by atoms with van der Waals surface area (Å²) in [5, 5.41) is 9.35. The van der Waals surface area contributed by atoms with Crippen molar-refractivity contribution >= 4 is 10.0 Å². The predicted octanol–water partition coefficient (Wildman–Crippen LogP) is 0.387. The maximum absolute atomic E-state index is 12.2. The molecule has 0 spiro atoms. The lowest BCUT2D eigenvalue weighted by molar-refractivity contribution is 0.259. The van der Waals surface area contributed by atoms with Crippen LogP contribution < -0.4 is 10.2 Å². The molecule has 6 nitrogen and oxygen atoms in total. The average Bonchev–Trinajstić information content (AvgIpc) is 2.46. The molecule has 1 aromatic carbocycles. The Labute approximate surface area is 116 Å². The fourth-order valence-electron chi connectivity index (χ4n) is 1.76. The first kappa shape index (κ1) is 14.4. The van der Waals surface area contributed by atoms with E-state index in [0.29, 0.717) is 5.56 Å². The molecule has 0 amide bonds. The van der Waals surface area contributed by atoms with Gasteiger partial charge in [0.25, 0.3) is 0 Å². The number of aromatic nitrogens is 1. The largest absolute Gasteiger partial charge is 0.394 e. The first-order chi connectivity index (χ1) is 9.54. The van der Waals surface area contributed by atoms with Gasteiger partial charge in [0, 0.05) is 18.5 Å². The summed E-state index contributed by atoms with van der Waals surface area (Å²) in [5.41, 5.74) is 0.00642. The molecule has 106 valence electrons. The molecular weight excluding hydrogens is 280 g/mol. The second-order valence-corrected chi connectivity index (χ2v) is 5.82. The molecule has 1 atom stereocenters. The molecule has 0 bridgehead atoms. The molecule has 0 fully saturated rings. The third-order valence-corrected chi connectivity index (χ3v) is 4.25. The SMILES string of the molecule is O=c1cc[nH]cc1S(=O)(=O)N[C@H](CO)c1ccccc1. The quantitative estimate of drug-likeness (QED) is 0.742. The van der Waals surface area contributed by atoms with Crippen molar-refractivity contribution in [1.82, 2.24) is 9.71 Å². The van der Waals surface area contributed by atoms with E-state index in [1.807, 2.05) is 0 Å². The Balaban J connectivity index is 2.32. The van der Waals surface area contributed by atoms with Gasteiger partial charge in [-0.2, -0.15) is 0 Å². The highest BCUT2D eigenvalue weighted by molar-refractivity contribution is 7.89. The summed E-state index contributed by atoms with van der Waals surface area (Å²) in [6.07, 6.45) is 2.46. The Kier molecular flexibility index (Phi) is 4.33. The molecule has 0 aliphatic carbocycles. The van der Waals surface area contributed by atoms with Gasteiger partial charge in [-0.05, 0) is 5.56 Å². The molecule has 1 heterocycles. The standard InChI is InChI=1S/C13H14N2O4S/c16-9-11(10-4-2-1-3-5-10)15-20(18,19)13-8-14-7-6-12(13)17/h1-8,11,15-16H,9H2,(H,14,17)/t11-/m1/s1. The van der Waals surface area contributed by atoms with Crippen molar-refractivity contribution in [2.75, 3.05) is 6.61 Å². The third-order valence-electron chi connectivity index (χ3n) is 2.76. The molecular formula is C13H14N2O4S. The lowest BCUT2D eigenvalue weighted by Crippen LogP contribution is -2.33. The first-order valence-corrected chi connectivity index (χ1v) is 7.38. The van der Waals surface area contributed by atoms with E-state index < -0.39 is 28.1 Å². The van der Waals surface area contributed by atoms with Crippen molar-refractivity contribution in [3.8, 4) is 0 Å². The van der Waals surface area contributed by atoms with Crippen LogP contribution in [-0.2, 0) is 10.0 Å². The van der Waals surface area contributed by atoms with E-state index in [1.54, 1.807) is 30.3 Å². The molecule has 0 unspecified atom stereocenters. The van der Waals surface area contributed by atoms with Crippen molar-refractivity contribution in [1.29, 1.82) is 0 Å². The molecule has 7 heteroatoms. The van der Waals surface area contributed by atoms with Crippen LogP contribution in [0.15, 0.2) is 58.5 Å². The zero-order valence-electron chi connectivity index (χ0n) is 10.5. The van der Waals surface area contributed by atoms with Gasteiger partial charge in [0.1, 0.15) is 4.90 Å². The Morgan fingerprint density at radius 1 is 1.20 bits per heavy atom. The van der Waals surface area contributed by atoms with Crippen LogP contribution in [0, 0.1) is 0 Å². The summed E-state index contributed by atoms with van der Waals surface area (Å²) in [6.45, 7) is -0.409. The van der Waals surface area contributed by atoms with Gasteiger partial charge >= 0.3 is 0 Å². The maximum atomic E-state index is 12.2. The molecule has 2 rings (SSSR count). The second kappa shape index (κ2) is 6.00. The van der Waals surface area contributed by atoms with Crippen molar-refractivity contribution in [2.24, 2.45) is 0 Å². The second-order valence-electron chi connectivity index (χ2n) is 4.14. The van der Waals surface area contributed by atoms with Crippen molar-refractivity contribution < 1.29 is 13.5 Å². The molecule has 2 aromatic rings. The topological polar surface area (TPSA) is 99.3 Å². The van der Waals surface area contributed by atoms with Crippen LogP contribution in [0.2, 0.25) is 0 Å². The number of benzene rings is 1. The molecule has 0 saturated heterocycles. The summed E-state index contributed by atoms with van der Waals surface area (Å²) >= 11 is 0. The van der Waals surface area contributed by atoms with E-state index in [-0.39, 0.29) is 4.90 Å². The van der Waals surface area contributed by atoms with Gasteiger partial charge in [-0.3, -0.25) is 4.79 Å². The van der Waals surface area contributed by atoms with Crippen LogP contribution in [0.1, 0.15) is 11.6 Å². The minimum Gasteiger partial charge on any atom is -0.394 e. The van der Waals surface area contributed by atoms with Crippen LogP contribution in [0.5, 0.6) is 0 Å². The Hall–Kier alpha value is -1.96. The van der Waals surface area contributed by atoms with E-state index in [2.05, 4.69) is 9.71 Å². The van der Waals surface area contributed by atoms with Crippen LogP contribution in [-0.4, -0.2) is 25.1 Å². The molecule has 0 saturated carbocycles. The molecule has 1 aromatic heterocycles. The molecule has 0 radical (unpaired) electrons. The Morgan fingerprint density at radius 3 is 2.50 bits per heavy atom. The zero-order valence-corrected chi connectivity index (χ0v) is 11.3. The van der Waals surface area contributed by atoms with Crippen LogP contribution in [0.4, 0.5) is 0 Å². The van der Waals surface area contributed by atoms with Gasteiger partial charge in [0.05, 0.1) is 12.6 Å². The van der Waals surface area contributed by atoms with Gasteiger partial charge in [0.2, 0.25) is 15.5 Å². The monoisotopic (exact) mass is 294 g/mol. The summed E-state index contributed by atoms with van der Waals surface area (Å²) in [6, 6.07) is 8.97. The maximum Gasteiger partial charge on any atom is 0.246 e. The highest BCUT2D eigenvalue weighted by Crippen LogP contribution is 2.14. The van der Waals surface area contributed by atoms with Gasteiger partial charge in [-0.25, -0.2) is 13.1 Å². The highest BCUT2D eigenvalue weighted by Gasteiger charge is 2.22. The minimum atomic E-state index is -4.00. The number of aromatic amines is 1. The number of nitrogens with one attached hydrogen (secondary N) is 2. The van der Waals surface area contributed by atoms with Crippen LogP contribution >= 0.6 is 0 Å². The molecule has 20 heavy (non-hydrogen) atoms. The fraction of sp³-hybridized carbons (Fsp3) is 0.154. The zero-order chi connectivity index (χ0) is 14.6. The molecule has 0 aliphatic rings. The van der Waals surface area contributed by atoms with E-state index in [9.17, 15) is 18.3 Å². The van der Waals surface area contributed by atoms with Crippen molar-refractivity contribution in [3.63, 3.8) is 0 Å². The number of aliphatic hydroxyl groups is 1. The van der Waals surface area contributed by atoms with Crippen LogP contribution in [0.25, 0.3) is 0 Å². The van der Waals surface area contributed by atoms with Gasteiger partial charge in [-0.15, -0.1) is 0 Å². The number of H-pyrrole nitrogens is 1. The number of pyridine rings is 1. The first-order valence-electron chi connectivity index (χ1n) is 5.90. The Morgan fingerprint density at radius 2 is 1.90 bits per heavy atom. The van der Waals surface area contributed by atoms with Crippen LogP contribution in [0.3, 0.4) is 0 Å². The van der Waals surface area contributed by atoms with E-state index in [0.717, 1.165) is 12.3 Å². The van der Waals surface area contributed by atoms with Crippen molar-refractivity contribution in [3.05, 3.63) is 64.6 Å².